The van der Waals surface area contributed by atoms with Gasteiger partial charge in [-0.2, -0.15) is 0 Å². The first-order valence-corrected chi connectivity index (χ1v) is 9.74. The van der Waals surface area contributed by atoms with Gasteiger partial charge in [0.05, 0.1) is 11.4 Å². The third-order valence-electron chi connectivity index (χ3n) is 4.51. The highest BCUT2D eigenvalue weighted by molar-refractivity contribution is 7.14. The number of hydrogen-bond acceptors (Lipinski definition) is 4. The number of likely N-dealkylation sites (tertiary alicyclic amines) is 1. The van der Waals surface area contributed by atoms with Crippen molar-refractivity contribution in [2.24, 2.45) is 0 Å². The van der Waals surface area contributed by atoms with Crippen LogP contribution in [0.2, 0.25) is 0 Å². The fraction of sp³-hybridized carbons (Fsp3) is 0.350. The van der Waals surface area contributed by atoms with E-state index in [1.165, 1.54) is 24.7 Å². The van der Waals surface area contributed by atoms with Gasteiger partial charge in [0.15, 0.2) is 5.13 Å². The van der Waals surface area contributed by atoms with Crippen LogP contribution in [0.1, 0.15) is 38.8 Å². The van der Waals surface area contributed by atoms with Gasteiger partial charge >= 0.3 is 0 Å². The molecule has 1 aliphatic heterocycles. The number of para-hydroxylation sites is 1. The minimum absolute atomic E-state index is 0.0261. The second-order valence-electron chi connectivity index (χ2n) is 6.45. The summed E-state index contributed by atoms with van der Waals surface area (Å²) in [6.07, 6.45) is 6.62. The zero-order chi connectivity index (χ0) is 18.5. The fourth-order valence-corrected chi connectivity index (χ4v) is 3.99. The number of piperidine rings is 1. The molecule has 1 aliphatic rings. The molecule has 0 bridgehead atoms. The largest absolute Gasteiger partial charge is 0.336 e. The molecule has 0 aliphatic carbocycles. The van der Waals surface area contributed by atoms with Gasteiger partial charge in [-0.25, -0.2) is 4.98 Å². The molecule has 0 radical (unpaired) electrons. The maximum Gasteiger partial charge on any atom is 0.246 e. The van der Waals surface area contributed by atoms with Crippen LogP contribution in [0.4, 0.5) is 10.8 Å². The first-order valence-electron chi connectivity index (χ1n) is 8.86. The number of hydrogen-bond donors (Lipinski definition) is 0. The lowest BCUT2D eigenvalue weighted by molar-refractivity contribution is -0.129. The first kappa shape index (κ1) is 18.3. The maximum absolute atomic E-state index is 12.4. The molecule has 3 rings (SSSR count). The number of aromatic nitrogens is 1. The minimum atomic E-state index is -0.0979. The summed E-state index contributed by atoms with van der Waals surface area (Å²) in [6, 6.07) is 9.72. The Morgan fingerprint density at radius 2 is 2.04 bits per heavy atom. The number of benzene rings is 1. The zero-order valence-corrected chi connectivity index (χ0v) is 15.9. The van der Waals surface area contributed by atoms with Crippen LogP contribution in [0.5, 0.6) is 0 Å². The number of rotatable bonds is 4. The van der Waals surface area contributed by atoms with Crippen molar-refractivity contribution in [1.29, 1.82) is 0 Å². The van der Waals surface area contributed by atoms with Crippen LogP contribution in [-0.4, -0.2) is 34.3 Å². The summed E-state index contributed by atoms with van der Waals surface area (Å²) in [6.45, 7) is 4.43. The molecule has 6 heteroatoms. The molecule has 1 fully saturated rings. The lowest BCUT2D eigenvalue weighted by Crippen LogP contribution is -2.41. The van der Waals surface area contributed by atoms with E-state index in [0.29, 0.717) is 10.8 Å². The SMILES string of the molecule is CC(=O)N(c1ccccc1)c1nc(/C=C/C(=O)N2CCCCC2C)cs1. The average Bonchev–Trinajstić information content (AvgIpc) is 3.09. The van der Waals surface area contributed by atoms with Crippen molar-refractivity contribution in [1.82, 2.24) is 9.88 Å². The molecule has 0 spiro atoms. The monoisotopic (exact) mass is 369 g/mol. The molecule has 0 saturated carbocycles. The van der Waals surface area contributed by atoms with Crippen LogP contribution in [-0.2, 0) is 9.59 Å². The van der Waals surface area contributed by atoms with Crippen molar-refractivity contribution in [3.05, 3.63) is 47.5 Å². The lowest BCUT2D eigenvalue weighted by Gasteiger charge is -2.32. The van der Waals surface area contributed by atoms with E-state index >= 15 is 0 Å². The molecule has 136 valence electrons. The van der Waals surface area contributed by atoms with E-state index in [4.69, 9.17) is 0 Å². The Kier molecular flexibility index (Phi) is 5.83. The summed E-state index contributed by atoms with van der Waals surface area (Å²) in [5, 5.41) is 2.46. The maximum atomic E-state index is 12.4. The van der Waals surface area contributed by atoms with Gasteiger partial charge in [-0.15, -0.1) is 11.3 Å². The van der Waals surface area contributed by atoms with Crippen molar-refractivity contribution in [2.45, 2.75) is 39.2 Å². The van der Waals surface area contributed by atoms with E-state index in [1.807, 2.05) is 40.6 Å². The number of carbonyl (C=O) groups excluding carboxylic acids is 2. The molecule has 1 aromatic heterocycles. The number of nitrogens with zero attached hydrogens (tertiary/aromatic N) is 3. The molecule has 2 heterocycles. The molecule has 1 atom stereocenters. The summed E-state index contributed by atoms with van der Waals surface area (Å²) in [5.74, 6) is -0.0717. The van der Waals surface area contributed by atoms with Gasteiger partial charge in [-0.1, -0.05) is 18.2 Å². The standard InChI is InChI=1S/C20H23N3O2S/c1-15-8-6-7-13-22(15)19(25)12-11-17-14-26-20(21-17)23(16(2)24)18-9-4-3-5-10-18/h3-5,9-12,14-15H,6-8,13H2,1-2H3/b12-11+. The molecular weight excluding hydrogens is 346 g/mol. The minimum Gasteiger partial charge on any atom is -0.336 e. The number of thiazole rings is 1. The molecule has 2 aromatic rings. The third-order valence-corrected chi connectivity index (χ3v) is 5.36. The van der Waals surface area contributed by atoms with Crippen molar-refractivity contribution in [2.75, 3.05) is 11.4 Å². The summed E-state index contributed by atoms with van der Waals surface area (Å²) in [5.41, 5.74) is 1.47. The summed E-state index contributed by atoms with van der Waals surface area (Å²) >= 11 is 1.39. The van der Waals surface area contributed by atoms with E-state index < -0.39 is 0 Å². The highest BCUT2D eigenvalue weighted by atomic mass is 32.1. The van der Waals surface area contributed by atoms with Crippen LogP contribution >= 0.6 is 11.3 Å². The van der Waals surface area contributed by atoms with Crippen LogP contribution in [0.3, 0.4) is 0 Å². The predicted molar refractivity (Wildman–Crippen MR) is 105 cm³/mol. The second kappa shape index (κ2) is 8.27. The van der Waals surface area contributed by atoms with E-state index in [2.05, 4.69) is 11.9 Å². The summed E-state index contributed by atoms with van der Waals surface area (Å²) < 4.78 is 0. The molecule has 1 unspecified atom stereocenters. The van der Waals surface area contributed by atoms with Gasteiger partial charge in [0.2, 0.25) is 11.8 Å². The van der Waals surface area contributed by atoms with Gasteiger partial charge in [0.1, 0.15) is 0 Å². The molecule has 26 heavy (non-hydrogen) atoms. The van der Waals surface area contributed by atoms with E-state index in [1.54, 1.807) is 17.1 Å². The molecular formula is C20H23N3O2S. The van der Waals surface area contributed by atoms with Crippen LogP contribution in [0.15, 0.2) is 41.8 Å². The smallest absolute Gasteiger partial charge is 0.246 e. The Bertz CT molecular complexity index is 800. The summed E-state index contributed by atoms with van der Waals surface area (Å²) in [7, 11) is 0. The topological polar surface area (TPSA) is 53.5 Å². The number of anilines is 2. The van der Waals surface area contributed by atoms with Crippen molar-refractivity contribution >= 4 is 40.0 Å². The van der Waals surface area contributed by atoms with Crippen LogP contribution < -0.4 is 4.90 Å². The molecule has 2 amide bonds. The number of carbonyl (C=O) groups is 2. The molecule has 0 N–H and O–H groups in total. The van der Waals surface area contributed by atoms with E-state index in [-0.39, 0.29) is 17.9 Å². The fourth-order valence-electron chi connectivity index (χ4n) is 3.14. The predicted octanol–water partition coefficient (Wildman–Crippen LogP) is 4.24. The Hall–Kier alpha value is -2.47. The molecule has 1 saturated heterocycles. The average molecular weight is 369 g/mol. The highest BCUT2D eigenvalue weighted by Gasteiger charge is 2.21. The van der Waals surface area contributed by atoms with Crippen LogP contribution in [0.25, 0.3) is 6.08 Å². The Balaban J connectivity index is 1.74. The highest BCUT2D eigenvalue weighted by Crippen LogP contribution is 2.29. The normalized spacial score (nSPS) is 17.5. The van der Waals surface area contributed by atoms with Gasteiger partial charge in [-0.05, 0) is 44.4 Å². The Morgan fingerprint density at radius 1 is 1.27 bits per heavy atom. The van der Waals surface area contributed by atoms with E-state index in [9.17, 15) is 9.59 Å². The third kappa shape index (κ3) is 4.19. The molecule has 5 nitrogen and oxygen atoms in total. The molecule has 1 aromatic carbocycles. The van der Waals surface area contributed by atoms with Gasteiger partial charge in [0.25, 0.3) is 0 Å². The summed E-state index contributed by atoms with van der Waals surface area (Å²) in [4.78, 5) is 32.5. The van der Waals surface area contributed by atoms with Gasteiger partial charge < -0.3 is 4.90 Å². The van der Waals surface area contributed by atoms with Gasteiger partial charge in [0, 0.05) is 31.0 Å². The van der Waals surface area contributed by atoms with E-state index in [0.717, 1.165) is 25.1 Å². The number of amides is 2. The second-order valence-corrected chi connectivity index (χ2v) is 7.29. The van der Waals surface area contributed by atoms with Crippen molar-refractivity contribution < 1.29 is 9.59 Å². The Labute approximate surface area is 158 Å². The Morgan fingerprint density at radius 3 is 2.73 bits per heavy atom. The first-order chi connectivity index (χ1) is 12.6. The van der Waals surface area contributed by atoms with Crippen LogP contribution in [0, 0.1) is 0 Å². The zero-order valence-electron chi connectivity index (χ0n) is 15.1. The quantitative estimate of drug-likeness (QED) is 0.758. The van der Waals surface area contributed by atoms with Crippen molar-refractivity contribution in [3.63, 3.8) is 0 Å². The van der Waals surface area contributed by atoms with Gasteiger partial charge in [-0.3, -0.25) is 14.5 Å². The lowest BCUT2D eigenvalue weighted by atomic mass is 10.0. The van der Waals surface area contributed by atoms with Crippen molar-refractivity contribution in [3.8, 4) is 0 Å².